The van der Waals surface area contributed by atoms with Gasteiger partial charge in [-0.2, -0.15) is 0 Å². The Balaban J connectivity index is 2.20. The van der Waals surface area contributed by atoms with E-state index in [2.05, 4.69) is 27.9 Å². The van der Waals surface area contributed by atoms with Gasteiger partial charge in [0.05, 0.1) is 7.11 Å². The molecule has 2 aromatic rings. The molecular formula is C23H29IN2O4. The van der Waals surface area contributed by atoms with E-state index in [-0.39, 0.29) is 18.4 Å². The highest BCUT2D eigenvalue weighted by Gasteiger charge is 2.28. The minimum atomic E-state index is -0.574. The first kappa shape index (κ1) is 24.0. The topological polar surface area (TPSA) is 67.9 Å². The van der Waals surface area contributed by atoms with Gasteiger partial charge in [-0.25, -0.2) is 0 Å². The third kappa shape index (κ3) is 7.19. The summed E-state index contributed by atoms with van der Waals surface area (Å²) in [6.07, 6.45) is 1.34. The van der Waals surface area contributed by atoms with Crippen LogP contribution in [0.15, 0.2) is 48.5 Å². The highest BCUT2D eigenvalue weighted by Crippen LogP contribution is 2.18. The molecule has 0 aliphatic heterocycles. The number of hydrogen-bond acceptors (Lipinski definition) is 4. The van der Waals surface area contributed by atoms with E-state index < -0.39 is 6.04 Å². The summed E-state index contributed by atoms with van der Waals surface area (Å²) in [5, 5.41) is 2.91. The Labute approximate surface area is 192 Å². The largest absolute Gasteiger partial charge is 0.497 e. The van der Waals surface area contributed by atoms with Crippen molar-refractivity contribution in [1.82, 2.24) is 10.2 Å². The van der Waals surface area contributed by atoms with Gasteiger partial charge < -0.3 is 19.7 Å². The maximum absolute atomic E-state index is 13.1. The van der Waals surface area contributed by atoms with Crippen LogP contribution in [-0.2, 0) is 16.1 Å². The molecule has 0 aliphatic carbocycles. The molecule has 1 atom stereocenters. The van der Waals surface area contributed by atoms with Crippen molar-refractivity contribution in [3.05, 3.63) is 57.7 Å². The Bertz CT molecular complexity index is 826. The van der Waals surface area contributed by atoms with Gasteiger partial charge in [0.1, 0.15) is 17.5 Å². The fourth-order valence-electron chi connectivity index (χ4n) is 3.01. The van der Waals surface area contributed by atoms with E-state index in [1.54, 1.807) is 12.0 Å². The van der Waals surface area contributed by atoms with Crippen LogP contribution in [-0.4, -0.2) is 43.0 Å². The molecule has 0 heterocycles. The number of ether oxygens (including phenoxy) is 2. The average Bonchev–Trinajstić information content (AvgIpc) is 2.77. The normalized spacial score (nSPS) is 11.5. The first-order valence-corrected chi connectivity index (χ1v) is 11.1. The number of nitrogens with one attached hydrogen (secondary N) is 1. The fourth-order valence-corrected chi connectivity index (χ4v) is 3.37. The summed E-state index contributed by atoms with van der Waals surface area (Å²) in [5.74, 6) is 0.937. The van der Waals surface area contributed by atoms with E-state index in [0.29, 0.717) is 31.0 Å². The van der Waals surface area contributed by atoms with Crippen molar-refractivity contribution in [1.29, 1.82) is 0 Å². The molecule has 0 bridgehead atoms. The summed E-state index contributed by atoms with van der Waals surface area (Å²) in [4.78, 5) is 27.4. The van der Waals surface area contributed by atoms with Crippen LogP contribution in [0.25, 0.3) is 0 Å². The number of benzene rings is 2. The molecule has 2 rings (SSSR count). The molecule has 2 aromatic carbocycles. The van der Waals surface area contributed by atoms with Gasteiger partial charge in [-0.15, -0.1) is 0 Å². The quantitative estimate of drug-likeness (QED) is 0.452. The molecule has 162 valence electrons. The molecule has 0 spiro atoms. The third-order valence-electron chi connectivity index (χ3n) is 4.60. The highest BCUT2D eigenvalue weighted by atomic mass is 127. The van der Waals surface area contributed by atoms with E-state index in [0.717, 1.165) is 15.6 Å². The molecule has 6 nitrogen and oxygen atoms in total. The average molecular weight is 524 g/mol. The van der Waals surface area contributed by atoms with Gasteiger partial charge in [0.25, 0.3) is 5.91 Å². The van der Waals surface area contributed by atoms with E-state index in [9.17, 15) is 9.59 Å². The zero-order chi connectivity index (χ0) is 21.9. The molecule has 0 aliphatic rings. The second kappa shape index (κ2) is 12.4. The van der Waals surface area contributed by atoms with Crippen LogP contribution in [0.2, 0.25) is 0 Å². The summed E-state index contributed by atoms with van der Waals surface area (Å²) in [6.45, 7) is 4.64. The molecular weight excluding hydrogens is 495 g/mol. The Morgan fingerprint density at radius 3 is 2.47 bits per heavy atom. The highest BCUT2D eigenvalue weighted by molar-refractivity contribution is 14.1. The molecule has 0 radical (unpaired) electrons. The maximum Gasteiger partial charge on any atom is 0.261 e. The van der Waals surface area contributed by atoms with E-state index >= 15 is 0 Å². The predicted octanol–water partition coefficient (Wildman–Crippen LogP) is 4.01. The molecule has 1 N–H and O–H groups in total. The lowest BCUT2D eigenvalue weighted by atomic mass is 10.1. The Kier molecular flexibility index (Phi) is 9.93. The molecule has 2 amide bonds. The zero-order valence-corrected chi connectivity index (χ0v) is 19.8. The van der Waals surface area contributed by atoms with Crippen LogP contribution < -0.4 is 14.8 Å². The minimum Gasteiger partial charge on any atom is -0.497 e. The standard InChI is InChI=1S/C23H29IN2O4/c1-4-13-25-23(28)21(5-2)26(15-17-7-6-8-20(14-17)29-3)22(27)16-30-19-11-9-18(24)10-12-19/h6-12,14,21H,4-5,13,15-16H2,1-3H3,(H,25,28). The third-order valence-corrected chi connectivity index (χ3v) is 5.32. The van der Waals surface area contributed by atoms with Crippen LogP contribution in [0.1, 0.15) is 32.3 Å². The summed E-state index contributed by atoms with van der Waals surface area (Å²) < 4.78 is 12.1. The Morgan fingerprint density at radius 1 is 1.10 bits per heavy atom. The molecule has 30 heavy (non-hydrogen) atoms. The second-order valence-electron chi connectivity index (χ2n) is 6.83. The van der Waals surface area contributed by atoms with Crippen LogP contribution in [0.4, 0.5) is 0 Å². The second-order valence-corrected chi connectivity index (χ2v) is 8.08. The van der Waals surface area contributed by atoms with Gasteiger partial charge in [0, 0.05) is 16.7 Å². The Morgan fingerprint density at radius 2 is 1.83 bits per heavy atom. The van der Waals surface area contributed by atoms with Crippen molar-refractivity contribution < 1.29 is 19.1 Å². The number of rotatable bonds is 11. The number of nitrogens with zero attached hydrogens (tertiary/aromatic N) is 1. The summed E-state index contributed by atoms with van der Waals surface area (Å²) in [7, 11) is 1.60. The SMILES string of the molecule is CCCNC(=O)C(CC)N(Cc1cccc(OC)c1)C(=O)COc1ccc(I)cc1. The lowest BCUT2D eigenvalue weighted by Gasteiger charge is -2.30. The summed E-state index contributed by atoms with van der Waals surface area (Å²) in [6, 6.07) is 14.4. The van der Waals surface area contributed by atoms with Gasteiger partial charge in [-0.3, -0.25) is 9.59 Å². The number of carbonyl (C=O) groups excluding carboxylic acids is 2. The summed E-state index contributed by atoms with van der Waals surface area (Å²) in [5.41, 5.74) is 0.888. The first-order chi connectivity index (χ1) is 14.5. The number of halogens is 1. The first-order valence-electron chi connectivity index (χ1n) is 10.1. The number of hydrogen-bond donors (Lipinski definition) is 1. The monoisotopic (exact) mass is 524 g/mol. The van der Waals surface area contributed by atoms with Crippen molar-refractivity contribution in [3.63, 3.8) is 0 Å². The van der Waals surface area contributed by atoms with Crippen LogP contribution >= 0.6 is 22.6 Å². The van der Waals surface area contributed by atoms with Crippen molar-refractivity contribution in [2.45, 2.75) is 39.3 Å². The fraction of sp³-hybridized carbons (Fsp3) is 0.391. The van der Waals surface area contributed by atoms with Crippen molar-refractivity contribution in [3.8, 4) is 11.5 Å². The van der Waals surface area contributed by atoms with Crippen LogP contribution in [0.3, 0.4) is 0 Å². The molecule has 7 heteroatoms. The molecule has 0 saturated heterocycles. The molecule has 0 aromatic heterocycles. The van der Waals surface area contributed by atoms with E-state index in [4.69, 9.17) is 9.47 Å². The lowest BCUT2D eigenvalue weighted by molar-refractivity contribution is -0.143. The molecule has 0 saturated carbocycles. The van der Waals surface area contributed by atoms with Gasteiger partial charge >= 0.3 is 0 Å². The van der Waals surface area contributed by atoms with Crippen LogP contribution in [0, 0.1) is 3.57 Å². The summed E-state index contributed by atoms with van der Waals surface area (Å²) >= 11 is 2.21. The number of carbonyl (C=O) groups is 2. The van der Waals surface area contributed by atoms with Crippen molar-refractivity contribution in [2.24, 2.45) is 0 Å². The van der Waals surface area contributed by atoms with E-state index in [1.807, 2.05) is 62.4 Å². The molecule has 1 unspecified atom stereocenters. The Hall–Kier alpha value is -2.29. The van der Waals surface area contributed by atoms with Gasteiger partial charge in [0.2, 0.25) is 5.91 Å². The lowest BCUT2D eigenvalue weighted by Crippen LogP contribution is -2.50. The smallest absolute Gasteiger partial charge is 0.261 e. The van der Waals surface area contributed by atoms with Gasteiger partial charge in [-0.05, 0) is 77.4 Å². The molecule has 0 fully saturated rings. The maximum atomic E-state index is 13.1. The van der Waals surface area contributed by atoms with Gasteiger partial charge in [-0.1, -0.05) is 26.0 Å². The number of amides is 2. The van der Waals surface area contributed by atoms with Gasteiger partial charge in [0.15, 0.2) is 6.61 Å². The van der Waals surface area contributed by atoms with E-state index in [1.165, 1.54) is 0 Å². The van der Waals surface area contributed by atoms with Crippen molar-refractivity contribution >= 4 is 34.4 Å². The zero-order valence-electron chi connectivity index (χ0n) is 17.7. The predicted molar refractivity (Wildman–Crippen MR) is 126 cm³/mol. The minimum absolute atomic E-state index is 0.137. The number of methoxy groups -OCH3 is 1. The van der Waals surface area contributed by atoms with Crippen molar-refractivity contribution in [2.75, 3.05) is 20.3 Å². The van der Waals surface area contributed by atoms with Crippen LogP contribution in [0.5, 0.6) is 11.5 Å².